The van der Waals surface area contributed by atoms with Crippen molar-refractivity contribution < 1.29 is 19.0 Å². The predicted molar refractivity (Wildman–Crippen MR) is 117 cm³/mol. The number of carbonyl (C=O) groups is 1. The van der Waals surface area contributed by atoms with Crippen LogP contribution in [0.1, 0.15) is 5.56 Å². The van der Waals surface area contributed by atoms with E-state index in [2.05, 4.69) is 10.4 Å². The van der Waals surface area contributed by atoms with Gasteiger partial charge in [0.15, 0.2) is 11.5 Å². The van der Waals surface area contributed by atoms with Crippen molar-refractivity contribution in [1.82, 2.24) is 15.1 Å². The number of nitrogens with zero attached hydrogens (tertiary/aromatic N) is 2. The third-order valence-electron chi connectivity index (χ3n) is 4.73. The summed E-state index contributed by atoms with van der Waals surface area (Å²) in [6.07, 6.45) is 0.611. The first-order chi connectivity index (χ1) is 15.0. The molecule has 3 aromatic rings. The lowest BCUT2D eigenvalue weighted by Crippen LogP contribution is -2.34. The Balaban J connectivity index is 1.60. The van der Waals surface area contributed by atoms with Crippen molar-refractivity contribution in [2.75, 3.05) is 27.9 Å². The van der Waals surface area contributed by atoms with Gasteiger partial charge in [0.2, 0.25) is 5.91 Å². The van der Waals surface area contributed by atoms with Gasteiger partial charge in [-0.3, -0.25) is 9.59 Å². The maximum absolute atomic E-state index is 12.3. The molecule has 8 nitrogen and oxygen atoms in total. The molecule has 0 aliphatic heterocycles. The molecule has 3 rings (SSSR count). The Labute approximate surface area is 180 Å². The van der Waals surface area contributed by atoms with Crippen LogP contribution < -0.4 is 25.1 Å². The molecule has 1 aromatic heterocycles. The van der Waals surface area contributed by atoms with Crippen molar-refractivity contribution >= 4 is 5.91 Å². The van der Waals surface area contributed by atoms with Crippen molar-refractivity contribution in [2.45, 2.75) is 13.0 Å². The molecule has 1 heterocycles. The molecule has 0 saturated carbocycles. The largest absolute Gasteiger partial charge is 0.497 e. The number of methoxy groups -OCH3 is 3. The molecule has 0 radical (unpaired) electrons. The molecule has 1 N–H and O–H groups in total. The van der Waals surface area contributed by atoms with E-state index in [0.29, 0.717) is 30.2 Å². The van der Waals surface area contributed by atoms with Crippen molar-refractivity contribution in [2.24, 2.45) is 0 Å². The average Bonchev–Trinajstić information content (AvgIpc) is 2.80. The SMILES string of the molecule is COc1ccc(-c2ccc(=O)n(CC(=O)NCCc3ccc(OC)c(OC)c3)n2)cc1. The van der Waals surface area contributed by atoms with Gasteiger partial charge in [0.25, 0.3) is 5.56 Å². The second-order valence-corrected chi connectivity index (χ2v) is 6.73. The number of hydrogen-bond donors (Lipinski definition) is 1. The van der Waals surface area contributed by atoms with Crippen molar-refractivity contribution in [3.63, 3.8) is 0 Å². The minimum Gasteiger partial charge on any atom is -0.497 e. The van der Waals surface area contributed by atoms with Crippen molar-refractivity contribution in [3.05, 3.63) is 70.5 Å². The van der Waals surface area contributed by atoms with E-state index in [1.807, 2.05) is 42.5 Å². The molecular weight excluding hydrogens is 398 g/mol. The lowest BCUT2D eigenvalue weighted by atomic mass is 10.1. The third-order valence-corrected chi connectivity index (χ3v) is 4.73. The molecule has 8 heteroatoms. The van der Waals surface area contributed by atoms with E-state index in [1.54, 1.807) is 27.4 Å². The van der Waals surface area contributed by atoms with Gasteiger partial charge < -0.3 is 19.5 Å². The van der Waals surface area contributed by atoms with E-state index in [1.165, 1.54) is 6.07 Å². The normalized spacial score (nSPS) is 10.4. The van der Waals surface area contributed by atoms with Gasteiger partial charge in [-0.1, -0.05) is 6.07 Å². The van der Waals surface area contributed by atoms with Crippen LogP contribution in [-0.2, 0) is 17.8 Å². The topological polar surface area (TPSA) is 91.7 Å². The number of amides is 1. The first-order valence-corrected chi connectivity index (χ1v) is 9.74. The van der Waals surface area contributed by atoms with E-state index in [4.69, 9.17) is 14.2 Å². The number of benzene rings is 2. The molecule has 0 aliphatic carbocycles. The summed E-state index contributed by atoms with van der Waals surface area (Å²) in [4.78, 5) is 24.5. The van der Waals surface area contributed by atoms with Gasteiger partial charge in [-0.25, -0.2) is 4.68 Å². The fourth-order valence-electron chi connectivity index (χ4n) is 3.05. The van der Waals surface area contributed by atoms with Crippen LogP contribution in [0.4, 0.5) is 0 Å². The molecule has 31 heavy (non-hydrogen) atoms. The molecule has 162 valence electrons. The van der Waals surface area contributed by atoms with E-state index in [0.717, 1.165) is 21.6 Å². The highest BCUT2D eigenvalue weighted by atomic mass is 16.5. The number of aromatic nitrogens is 2. The number of hydrogen-bond acceptors (Lipinski definition) is 6. The minimum atomic E-state index is -0.340. The number of carbonyl (C=O) groups excluding carboxylic acids is 1. The van der Waals surface area contributed by atoms with E-state index in [-0.39, 0.29) is 18.0 Å². The smallest absolute Gasteiger partial charge is 0.267 e. The number of rotatable bonds is 9. The quantitative estimate of drug-likeness (QED) is 0.568. The summed E-state index contributed by atoms with van der Waals surface area (Å²) in [5.74, 6) is 1.72. The average molecular weight is 423 g/mol. The molecule has 2 aromatic carbocycles. The highest BCUT2D eigenvalue weighted by Crippen LogP contribution is 2.27. The van der Waals surface area contributed by atoms with Gasteiger partial charge >= 0.3 is 0 Å². The van der Waals surface area contributed by atoms with Crippen LogP contribution in [0, 0.1) is 0 Å². The number of nitrogens with one attached hydrogen (secondary N) is 1. The second kappa shape index (κ2) is 10.3. The summed E-state index contributed by atoms with van der Waals surface area (Å²) in [7, 11) is 4.75. The molecule has 0 unspecified atom stereocenters. The van der Waals surface area contributed by atoms with E-state index in [9.17, 15) is 9.59 Å². The molecular formula is C23H25N3O5. The van der Waals surface area contributed by atoms with Crippen LogP contribution in [-0.4, -0.2) is 43.6 Å². The highest BCUT2D eigenvalue weighted by Gasteiger charge is 2.09. The predicted octanol–water partition coefficient (Wildman–Crippen LogP) is 2.29. The van der Waals surface area contributed by atoms with Crippen molar-refractivity contribution in [1.29, 1.82) is 0 Å². The Morgan fingerprint density at radius 3 is 2.35 bits per heavy atom. The summed E-state index contributed by atoms with van der Waals surface area (Å²) in [5, 5.41) is 7.14. The van der Waals surface area contributed by atoms with Gasteiger partial charge in [-0.05, 0) is 54.4 Å². The summed E-state index contributed by atoms with van der Waals surface area (Å²) in [6, 6.07) is 16.0. The van der Waals surface area contributed by atoms with Crippen LogP contribution in [0.2, 0.25) is 0 Å². The molecule has 0 fully saturated rings. The maximum atomic E-state index is 12.3. The highest BCUT2D eigenvalue weighted by molar-refractivity contribution is 5.75. The Hall–Kier alpha value is -3.81. The first-order valence-electron chi connectivity index (χ1n) is 9.74. The van der Waals surface area contributed by atoms with Gasteiger partial charge in [0.1, 0.15) is 12.3 Å². The van der Waals surface area contributed by atoms with Crippen LogP contribution >= 0.6 is 0 Å². The third kappa shape index (κ3) is 5.63. The lowest BCUT2D eigenvalue weighted by molar-refractivity contribution is -0.121. The van der Waals surface area contributed by atoms with Crippen LogP contribution in [0.5, 0.6) is 17.2 Å². The van der Waals surface area contributed by atoms with E-state index >= 15 is 0 Å². The van der Waals surface area contributed by atoms with Gasteiger partial charge in [-0.15, -0.1) is 0 Å². The zero-order valence-electron chi connectivity index (χ0n) is 17.8. The molecule has 0 spiro atoms. The Kier molecular flexibility index (Phi) is 7.26. The van der Waals surface area contributed by atoms with Gasteiger partial charge in [0, 0.05) is 18.2 Å². The standard InChI is InChI=1S/C23H25N3O5/c1-29-18-7-5-17(6-8-18)19-9-11-23(28)26(25-19)15-22(27)24-13-12-16-4-10-20(30-2)21(14-16)31-3/h4-11,14H,12-13,15H2,1-3H3,(H,24,27). The van der Waals surface area contributed by atoms with Gasteiger partial charge in [0.05, 0.1) is 27.0 Å². The fraction of sp³-hybridized carbons (Fsp3) is 0.261. The summed E-state index contributed by atoms with van der Waals surface area (Å²) in [6.45, 7) is 0.260. The molecule has 0 saturated heterocycles. The lowest BCUT2D eigenvalue weighted by Gasteiger charge is -2.11. The Morgan fingerprint density at radius 1 is 0.935 bits per heavy atom. The monoisotopic (exact) mass is 423 g/mol. The minimum absolute atomic E-state index is 0.158. The summed E-state index contributed by atoms with van der Waals surface area (Å²) < 4.78 is 16.8. The zero-order valence-corrected chi connectivity index (χ0v) is 17.8. The van der Waals surface area contributed by atoms with Crippen LogP contribution in [0.25, 0.3) is 11.3 Å². The second-order valence-electron chi connectivity index (χ2n) is 6.73. The molecule has 1 amide bonds. The Morgan fingerprint density at radius 2 is 1.68 bits per heavy atom. The van der Waals surface area contributed by atoms with Gasteiger partial charge in [-0.2, -0.15) is 5.10 Å². The summed E-state index contributed by atoms with van der Waals surface area (Å²) in [5.41, 5.74) is 2.07. The molecule has 0 atom stereocenters. The number of ether oxygens (including phenoxy) is 3. The van der Waals surface area contributed by atoms with Crippen molar-refractivity contribution in [3.8, 4) is 28.5 Å². The first kappa shape index (κ1) is 21.9. The van der Waals surface area contributed by atoms with Crippen LogP contribution in [0.3, 0.4) is 0 Å². The Bertz CT molecular complexity index is 1090. The van der Waals surface area contributed by atoms with Crippen LogP contribution in [0.15, 0.2) is 59.4 Å². The zero-order chi connectivity index (χ0) is 22.2. The fourth-order valence-corrected chi connectivity index (χ4v) is 3.05. The molecule has 0 bridgehead atoms. The van der Waals surface area contributed by atoms with E-state index < -0.39 is 0 Å². The summed E-state index contributed by atoms with van der Waals surface area (Å²) >= 11 is 0. The maximum Gasteiger partial charge on any atom is 0.267 e. The molecule has 0 aliphatic rings.